The van der Waals surface area contributed by atoms with Crippen molar-refractivity contribution in [2.75, 3.05) is 6.54 Å². The van der Waals surface area contributed by atoms with Gasteiger partial charge in [0.2, 0.25) is 5.91 Å². The van der Waals surface area contributed by atoms with Gasteiger partial charge in [0.1, 0.15) is 0 Å². The Labute approximate surface area is 113 Å². The first-order valence-corrected chi connectivity index (χ1v) is 7.63. The van der Waals surface area contributed by atoms with Gasteiger partial charge >= 0.3 is 0 Å². The minimum atomic E-state index is 0.203. The normalized spacial score (nSPS) is 14.2. The first-order valence-electron chi connectivity index (χ1n) is 7.63. The van der Waals surface area contributed by atoms with Crippen LogP contribution in [-0.2, 0) is 4.79 Å². The van der Waals surface area contributed by atoms with Gasteiger partial charge in [0.15, 0.2) is 0 Å². The Morgan fingerprint density at radius 2 is 1.89 bits per heavy atom. The van der Waals surface area contributed by atoms with Crippen molar-refractivity contribution >= 4 is 5.91 Å². The smallest absolute Gasteiger partial charge is 0.220 e. The van der Waals surface area contributed by atoms with Crippen LogP contribution in [0.1, 0.15) is 72.1 Å². The number of nitrogens with two attached hydrogens (primary N) is 1. The van der Waals surface area contributed by atoms with Gasteiger partial charge in [-0.2, -0.15) is 0 Å². The molecule has 0 rings (SSSR count). The fourth-order valence-corrected chi connectivity index (χ4v) is 2.24. The first-order chi connectivity index (χ1) is 8.63. The van der Waals surface area contributed by atoms with Crippen molar-refractivity contribution in [3.05, 3.63) is 0 Å². The number of unbranched alkanes of at least 4 members (excludes halogenated alkanes) is 2. The number of nitrogens with one attached hydrogen (secondary N) is 1. The van der Waals surface area contributed by atoms with Gasteiger partial charge in [-0.3, -0.25) is 4.79 Å². The van der Waals surface area contributed by atoms with Crippen LogP contribution < -0.4 is 11.1 Å². The van der Waals surface area contributed by atoms with E-state index >= 15 is 0 Å². The molecule has 0 aromatic carbocycles. The van der Waals surface area contributed by atoms with E-state index in [1.807, 2.05) is 0 Å². The van der Waals surface area contributed by atoms with Crippen molar-refractivity contribution in [3.8, 4) is 0 Å². The van der Waals surface area contributed by atoms with E-state index in [1.165, 1.54) is 19.3 Å². The molecular weight excluding hydrogens is 224 g/mol. The summed E-state index contributed by atoms with van der Waals surface area (Å²) in [5, 5.41) is 3.09. The second-order valence-electron chi connectivity index (χ2n) is 5.35. The van der Waals surface area contributed by atoms with Crippen molar-refractivity contribution in [2.45, 2.75) is 78.2 Å². The molecule has 0 saturated heterocycles. The lowest BCUT2D eigenvalue weighted by Gasteiger charge is -2.16. The standard InChI is InChI=1S/C15H32N2O/c1-4-6-7-8-13(3)17-15(18)10-9-14(5-2)11-12-16/h13-14H,4-12,16H2,1-3H3,(H,17,18). The van der Waals surface area contributed by atoms with Gasteiger partial charge < -0.3 is 11.1 Å². The van der Waals surface area contributed by atoms with Crippen LogP contribution in [0.5, 0.6) is 0 Å². The third-order valence-electron chi connectivity index (χ3n) is 3.58. The number of hydrogen-bond acceptors (Lipinski definition) is 2. The van der Waals surface area contributed by atoms with Gasteiger partial charge in [-0.15, -0.1) is 0 Å². The average molecular weight is 256 g/mol. The largest absolute Gasteiger partial charge is 0.354 e. The molecular formula is C15H32N2O. The highest BCUT2D eigenvalue weighted by Gasteiger charge is 2.10. The molecule has 0 fully saturated rings. The van der Waals surface area contributed by atoms with E-state index in [4.69, 9.17) is 5.73 Å². The second-order valence-corrected chi connectivity index (χ2v) is 5.35. The third kappa shape index (κ3) is 9.46. The molecule has 0 aliphatic rings. The molecule has 0 aliphatic heterocycles. The lowest BCUT2D eigenvalue weighted by molar-refractivity contribution is -0.122. The SMILES string of the molecule is CCCCCC(C)NC(=O)CCC(CC)CCN. The Kier molecular flexibility index (Phi) is 11.2. The highest BCUT2D eigenvalue weighted by molar-refractivity contribution is 5.76. The minimum Gasteiger partial charge on any atom is -0.354 e. The third-order valence-corrected chi connectivity index (χ3v) is 3.58. The number of amides is 1. The van der Waals surface area contributed by atoms with Crippen LogP contribution >= 0.6 is 0 Å². The molecule has 18 heavy (non-hydrogen) atoms. The summed E-state index contributed by atoms with van der Waals surface area (Å²) in [5.41, 5.74) is 5.56. The van der Waals surface area contributed by atoms with Crippen LogP contribution in [-0.4, -0.2) is 18.5 Å². The predicted molar refractivity (Wildman–Crippen MR) is 78.4 cm³/mol. The zero-order valence-electron chi connectivity index (χ0n) is 12.5. The zero-order valence-corrected chi connectivity index (χ0v) is 12.5. The van der Waals surface area contributed by atoms with E-state index < -0.39 is 0 Å². The summed E-state index contributed by atoms with van der Waals surface area (Å²) in [6.07, 6.45) is 8.58. The summed E-state index contributed by atoms with van der Waals surface area (Å²) in [4.78, 5) is 11.8. The Morgan fingerprint density at radius 3 is 2.44 bits per heavy atom. The summed E-state index contributed by atoms with van der Waals surface area (Å²) in [7, 11) is 0. The van der Waals surface area contributed by atoms with E-state index in [1.54, 1.807) is 0 Å². The molecule has 2 unspecified atom stereocenters. The first kappa shape index (κ1) is 17.4. The molecule has 108 valence electrons. The maximum atomic E-state index is 11.8. The summed E-state index contributed by atoms with van der Waals surface area (Å²) in [5.74, 6) is 0.811. The Bertz CT molecular complexity index is 207. The maximum absolute atomic E-state index is 11.8. The van der Waals surface area contributed by atoms with Gasteiger partial charge in [-0.25, -0.2) is 0 Å². The molecule has 3 nitrogen and oxygen atoms in total. The predicted octanol–water partition coefficient (Wildman–Crippen LogP) is 3.23. The molecule has 0 aromatic rings. The van der Waals surface area contributed by atoms with Gasteiger partial charge in [-0.05, 0) is 38.6 Å². The molecule has 0 radical (unpaired) electrons. The van der Waals surface area contributed by atoms with Crippen molar-refractivity contribution < 1.29 is 4.79 Å². The van der Waals surface area contributed by atoms with E-state index in [2.05, 4.69) is 26.1 Å². The molecule has 0 spiro atoms. The van der Waals surface area contributed by atoms with Crippen LogP contribution in [0.3, 0.4) is 0 Å². The van der Waals surface area contributed by atoms with Crippen LogP contribution in [0.15, 0.2) is 0 Å². The maximum Gasteiger partial charge on any atom is 0.220 e. The monoisotopic (exact) mass is 256 g/mol. The number of rotatable bonds is 11. The molecule has 0 heterocycles. The molecule has 3 heteroatoms. The molecule has 0 saturated carbocycles. The quantitative estimate of drug-likeness (QED) is 0.558. The summed E-state index contributed by atoms with van der Waals surface area (Å²) in [6, 6.07) is 0.318. The molecule has 2 atom stereocenters. The van der Waals surface area contributed by atoms with Crippen molar-refractivity contribution in [3.63, 3.8) is 0 Å². The fraction of sp³-hybridized carbons (Fsp3) is 0.933. The van der Waals surface area contributed by atoms with E-state index in [-0.39, 0.29) is 5.91 Å². The highest BCUT2D eigenvalue weighted by atomic mass is 16.1. The zero-order chi connectivity index (χ0) is 13.8. The minimum absolute atomic E-state index is 0.203. The number of carbonyl (C=O) groups excluding carboxylic acids is 1. The summed E-state index contributed by atoms with van der Waals surface area (Å²) >= 11 is 0. The van der Waals surface area contributed by atoms with Gasteiger partial charge in [0.25, 0.3) is 0 Å². The van der Waals surface area contributed by atoms with Crippen molar-refractivity contribution in [1.82, 2.24) is 5.32 Å². The van der Waals surface area contributed by atoms with Crippen molar-refractivity contribution in [2.24, 2.45) is 11.7 Å². The van der Waals surface area contributed by atoms with Crippen molar-refractivity contribution in [1.29, 1.82) is 0 Å². The second kappa shape index (κ2) is 11.5. The highest BCUT2D eigenvalue weighted by Crippen LogP contribution is 2.14. The number of hydrogen-bond donors (Lipinski definition) is 2. The summed E-state index contributed by atoms with van der Waals surface area (Å²) in [6.45, 7) is 7.20. The molecule has 3 N–H and O–H groups in total. The molecule has 1 amide bonds. The molecule has 0 bridgehead atoms. The molecule has 0 aliphatic carbocycles. The van der Waals surface area contributed by atoms with Gasteiger partial charge in [0, 0.05) is 12.5 Å². The lowest BCUT2D eigenvalue weighted by atomic mass is 9.96. The Hall–Kier alpha value is -0.570. The van der Waals surface area contributed by atoms with Gasteiger partial charge in [-0.1, -0.05) is 39.5 Å². The van der Waals surface area contributed by atoms with Crippen LogP contribution in [0.4, 0.5) is 0 Å². The summed E-state index contributed by atoms with van der Waals surface area (Å²) < 4.78 is 0. The Balaban J connectivity index is 3.68. The van der Waals surface area contributed by atoms with Crippen LogP contribution in [0.25, 0.3) is 0 Å². The van der Waals surface area contributed by atoms with Gasteiger partial charge in [0.05, 0.1) is 0 Å². The van der Waals surface area contributed by atoms with E-state index in [9.17, 15) is 4.79 Å². The number of carbonyl (C=O) groups is 1. The van der Waals surface area contributed by atoms with Crippen LogP contribution in [0.2, 0.25) is 0 Å². The average Bonchev–Trinajstić information content (AvgIpc) is 2.34. The fourth-order valence-electron chi connectivity index (χ4n) is 2.24. The van der Waals surface area contributed by atoms with Crippen LogP contribution in [0, 0.1) is 5.92 Å². The van der Waals surface area contributed by atoms with E-state index in [0.717, 1.165) is 32.2 Å². The Morgan fingerprint density at radius 1 is 1.17 bits per heavy atom. The lowest BCUT2D eigenvalue weighted by Crippen LogP contribution is -2.32. The molecule has 0 aromatic heterocycles. The topological polar surface area (TPSA) is 55.1 Å². The van der Waals surface area contributed by atoms with E-state index in [0.29, 0.717) is 18.4 Å².